The minimum Gasteiger partial charge on any atom is -0.334 e. The molecule has 1 nitrogen and oxygen atoms in total. The molecule has 0 spiro atoms. The van der Waals surface area contributed by atoms with Crippen molar-refractivity contribution in [2.24, 2.45) is 0 Å². The maximum Gasteiger partial charge on any atom is 0 e. The van der Waals surface area contributed by atoms with Crippen molar-refractivity contribution in [3.8, 4) is 0 Å². The fourth-order valence-electron chi connectivity index (χ4n) is 0.249. The molecule has 1 radical (unpaired) electrons. The molecule has 8 heavy (non-hydrogen) atoms. The Kier molecular flexibility index (Phi) is 8.26. The Balaban J connectivity index is 0. The van der Waals surface area contributed by atoms with Crippen molar-refractivity contribution in [3.05, 3.63) is 5.92 Å². The molecule has 0 aromatic rings. The number of hydrogen-bond acceptors (Lipinski definition) is 1. The molecule has 0 rings (SSSR count). The molecule has 0 bridgehead atoms. The van der Waals surface area contributed by atoms with Gasteiger partial charge in [0.2, 0.25) is 0 Å². The van der Waals surface area contributed by atoms with E-state index in [1.54, 1.807) is 6.92 Å². The SMILES string of the molecule is CC[C-](C)C(C)=O.[Y]. The van der Waals surface area contributed by atoms with E-state index in [1.807, 2.05) is 13.8 Å². The van der Waals surface area contributed by atoms with Crippen molar-refractivity contribution >= 4 is 5.78 Å². The molecule has 0 unspecified atom stereocenters. The maximum atomic E-state index is 10.3. The first-order chi connectivity index (χ1) is 3.18. The molecule has 0 saturated carbocycles. The van der Waals surface area contributed by atoms with E-state index >= 15 is 0 Å². The van der Waals surface area contributed by atoms with Crippen molar-refractivity contribution in [3.63, 3.8) is 0 Å². The van der Waals surface area contributed by atoms with E-state index in [4.69, 9.17) is 0 Å². The second kappa shape index (κ2) is 5.77. The van der Waals surface area contributed by atoms with Gasteiger partial charge < -0.3 is 10.7 Å². The summed E-state index contributed by atoms with van der Waals surface area (Å²) >= 11 is 0. The summed E-state index contributed by atoms with van der Waals surface area (Å²) in [5, 5.41) is 0. The first-order valence-electron chi connectivity index (χ1n) is 2.51. The number of ketones is 1. The quantitative estimate of drug-likeness (QED) is 0.601. The van der Waals surface area contributed by atoms with E-state index in [0.29, 0.717) is 0 Å². The predicted octanol–water partition coefficient (Wildman–Crippen LogP) is 1.58. The molecule has 0 aromatic carbocycles. The van der Waals surface area contributed by atoms with Crippen LogP contribution in [0.5, 0.6) is 0 Å². The van der Waals surface area contributed by atoms with Gasteiger partial charge in [-0.2, -0.15) is 13.3 Å². The number of carbonyl (C=O) groups excluding carboxylic acids is 1. The van der Waals surface area contributed by atoms with Gasteiger partial charge in [-0.1, -0.05) is 6.92 Å². The average Bonchev–Trinajstić information content (AvgIpc) is 1.65. The standard InChI is InChI=1S/C6H11O.Y/c1-4-5(2)6(3)7;/h4H2,1-3H3;/q-1;. The average molecular weight is 188 g/mol. The third-order valence-electron chi connectivity index (χ3n) is 1.13. The van der Waals surface area contributed by atoms with Crippen LogP contribution in [-0.4, -0.2) is 5.78 Å². The normalized spacial score (nSPS) is 7.38. The van der Waals surface area contributed by atoms with Crippen LogP contribution in [0.3, 0.4) is 0 Å². The first kappa shape index (κ1) is 11.4. The third kappa shape index (κ3) is 4.79. The summed E-state index contributed by atoms with van der Waals surface area (Å²) in [7, 11) is 0. The summed E-state index contributed by atoms with van der Waals surface area (Å²) in [4.78, 5) is 10.3. The molecule has 0 saturated heterocycles. The summed E-state index contributed by atoms with van der Waals surface area (Å²) in [6.07, 6.45) is 0.884. The summed E-state index contributed by atoms with van der Waals surface area (Å²) in [5.41, 5.74) is 0. The Bertz CT molecular complexity index is 70.9. The van der Waals surface area contributed by atoms with Crippen LogP contribution in [0.1, 0.15) is 27.2 Å². The molecule has 0 amide bonds. The van der Waals surface area contributed by atoms with Crippen LogP contribution in [0.25, 0.3) is 0 Å². The zero-order valence-electron chi connectivity index (χ0n) is 5.69. The zero-order chi connectivity index (χ0) is 5.86. The fourth-order valence-corrected chi connectivity index (χ4v) is 0.249. The summed E-state index contributed by atoms with van der Waals surface area (Å²) < 4.78 is 0. The molecule has 0 aliphatic rings. The minimum atomic E-state index is 0. The number of carbonyl (C=O) groups is 1. The Morgan fingerprint density at radius 2 is 2.00 bits per heavy atom. The molecule has 2 heteroatoms. The summed E-state index contributed by atoms with van der Waals surface area (Å²) in [6.45, 7) is 5.44. The third-order valence-corrected chi connectivity index (χ3v) is 1.13. The number of Topliss-reactive ketones (excluding diaryl/α,β-unsaturated/α-hetero) is 1. The fraction of sp³-hybridized carbons (Fsp3) is 0.667. The monoisotopic (exact) mass is 188 g/mol. The van der Waals surface area contributed by atoms with Gasteiger partial charge in [0, 0.05) is 32.7 Å². The number of hydrogen-bond donors (Lipinski definition) is 0. The van der Waals surface area contributed by atoms with Crippen molar-refractivity contribution in [2.45, 2.75) is 27.2 Å². The van der Waals surface area contributed by atoms with Crippen LogP contribution in [0.2, 0.25) is 0 Å². The van der Waals surface area contributed by atoms with E-state index < -0.39 is 0 Å². The number of rotatable bonds is 2. The maximum absolute atomic E-state index is 10.3. The van der Waals surface area contributed by atoms with E-state index in [-0.39, 0.29) is 38.5 Å². The minimum absolute atomic E-state index is 0. The van der Waals surface area contributed by atoms with Gasteiger partial charge in [-0.3, -0.25) is 0 Å². The van der Waals surface area contributed by atoms with Gasteiger partial charge in [0.1, 0.15) is 0 Å². The van der Waals surface area contributed by atoms with Crippen molar-refractivity contribution < 1.29 is 37.5 Å². The molecule has 0 aliphatic heterocycles. The topological polar surface area (TPSA) is 17.1 Å². The van der Waals surface area contributed by atoms with E-state index in [2.05, 4.69) is 0 Å². The van der Waals surface area contributed by atoms with Crippen LogP contribution in [-0.2, 0) is 37.5 Å². The van der Waals surface area contributed by atoms with E-state index in [0.717, 1.165) is 12.3 Å². The van der Waals surface area contributed by atoms with Crippen LogP contribution < -0.4 is 0 Å². The molecule has 0 fully saturated rings. The van der Waals surface area contributed by atoms with Crippen LogP contribution in [0.4, 0.5) is 0 Å². The Morgan fingerprint density at radius 1 is 1.62 bits per heavy atom. The van der Waals surface area contributed by atoms with Crippen molar-refractivity contribution in [1.29, 1.82) is 0 Å². The molecular weight excluding hydrogens is 177 g/mol. The second-order valence-corrected chi connectivity index (χ2v) is 1.69. The van der Waals surface area contributed by atoms with E-state index in [9.17, 15) is 4.79 Å². The van der Waals surface area contributed by atoms with Crippen molar-refractivity contribution in [2.75, 3.05) is 0 Å². The molecule has 0 aliphatic carbocycles. The predicted molar refractivity (Wildman–Crippen MR) is 29.9 cm³/mol. The van der Waals surface area contributed by atoms with Crippen molar-refractivity contribution in [1.82, 2.24) is 0 Å². The van der Waals surface area contributed by atoms with Gasteiger partial charge in [-0.05, 0) is 12.7 Å². The zero-order valence-corrected chi connectivity index (χ0v) is 8.53. The Morgan fingerprint density at radius 3 is 2.00 bits per heavy atom. The molecule has 0 atom stereocenters. The molecular formula is C6H11OY-. The second-order valence-electron chi connectivity index (χ2n) is 1.69. The van der Waals surface area contributed by atoms with Crippen LogP contribution >= 0.6 is 0 Å². The van der Waals surface area contributed by atoms with Gasteiger partial charge in [-0.25, -0.2) is 0 Å². The molecule has 45 valence electrons. The Hall–Kier alpha value is 0.644. The van der Waals surface area contributed by atoms with Crippen LogP contribution in [0.15, 0.2) is 0 Å². The smallest absolute Gasteiger partial charge is 0 e. The van der Waals surface area contributed by atoms with Gasteiger partial charge in [0.25, 0.3) is 0 Å². The molecule has 0 aromatic heterocycles. The first-order valence-corrected chi connectivity index (χ1v) is 2.51. The van der Waals surface area contributed by atoms with Crippen LogP contribution in [0, 0.1) is 5.92 Å². The van der Waals surface area contributed by atoms with E-state index in [1.165, 1.54) is 0 Å². The summed E-state index contributed by atoms with van der Waals surface area (Å²) in [6, 6.07) is 0. The van der Waals surface area contributed by atoms with Gasteiger partial charge in [0.05, 0.1) is 0 Å². The van der Waals surface area contributed by atoms with Gasteiger partial charge in [0.15, 0.2) is 0 Å². The molecule has 0 N–H and O–H groups in total. The largest absolute Gasteiger partial charge is 0.334 e. The summed E-state index contributed by atoms with van der Waals surface area (Å²) in [5.74, 6) is 1.17. The van der Waals surface area contributed by atoms with Gasteiger partial charge >= 0.3 is 0 Å². The molecule has 0 heterocycles. The Labute approximate surface area is 76.1 Å². The van der Waals surface area contributed by atoms with Gasteiger partial charge in [-0.15, -0.1) is 0 Å².